The van der Waals surface area contributed by atoms with Crippen LogP contribution in [-0.4, -0.2) is 16.3 Å². The summed E-state index contributed by atoms with van der Waals surface area (Å²) < 4.78 is 0. The van der Waals surface area contributed by atoms with Gasteiger partial charge in [-0.3, -0.25) is 0 Å². The molecule has 0 spiro atoms. The standard InChI is InChI=1S/C12H19NO2/c1-12(2,3)11(13)10(15)8-4-6-9(14)7-5-8/h4-7,10-11,14-15H,13H2,1-3H3. The summed E-state index contributed by atoms with van der Waals surface area (Å²) in [5, 5.41) is 19.1. The summed E-state index contributed by atoms with van der Waals surface area (Å²) in [7, 11) is 0. The van der Waals surface area contributed by atoms with Crippen LogP contribution in [0.2, 0.25) is 0 Å². The number of aromatic hydroxyl groups is 1. The first-order chi connectivity index (χ1) is 6.82. The SMILES string of the molecule is CC(C)(C)C(N)C(O)c1ccc(O)cc1. The Morgan fingerprint density at radius 1 is 1.13 bits per heavy atom. The first kappa shape index (κ1) is 12.0. The normalized spacial score (nSPS) is 16.1. The molecule has 0 amide bonds. The second-order valence-electron chi connectivity index (χ2n) is 4.93. The van der Waals surface area contributed by atoms with Crippen molar-refractivity contribution in [3.8, 4) is 5.75 Å². The summed E-state index contributed by atoms with van der Waals surface area (Å²) in [6.07, 6.45) is -0.703. The maximum atomic E-state index is 10.0. The monoisotopic (exact) mass is 209 g/mol. The van der Waals surface area contributed by atoms with E-state index in [4.69, 9.17) is 10.8 Å². The van der Waals surface area contributed by atoms with Crippen molar-refractivity contribution in [1.29, 1.82) is 0 Å². The number of phenols is 1. The van der Waals surface area contributed by atoms with Gasteiger partial charge in [0.05, 0.1) is 6.10 Å². The van der Waals surface area contributed by atoms with E-state index in [1.54, 1.807) is 24.3 Å². The highest BCUT2D eigenvalue weighted by Crippen LogP contribution is 2.28. The van der Waals surface area contributed by atoms with Crippen molar-refractivity contribution in [2.75, 3.05) is 0 Å². The van der Waals surface area contributed by atoms with Crippen molar-refractivity contribution in [2.45, 2.75) is 32.9 Å². The Kier molecular flexibility index (Phi) is 3.37. The van der Waals surface area contributed by atoms with Gasteiger partial charge >= 0.3 is 0 Å². The lowest BCUT2D eigenvalue weighted by Gasteiger charge is -2.31. The zero-order valence-electron chi connectivity index (χ0n) is 9.44. The third-order valence-electron chi connectivity index (χ3n) is 2.57. The van der Waals surface area contributed by atoms with Gasteiger partial charge in [-0.15, -0.1) is 0 Å². The molecule has 1 aromatic rings. The second kappa shape index (κ2) is 4.21. The average molecular weight is 209 g/mol. The summed E-state index contributed by atoms with van der Waals surface area (Å²) in [5.74, 6) is 0.190. The number of benzene rings is 1. The van der Waals surface area contributed by atoms with E-state index in [-0.39, 0.29) is 17.2 Å². The summed E-state index contributed by atoms with van der Waals surface area (Å²) in [6, 6.07) is 6.14. The van der Waals surface area contributed by atoms with Gasteiger partial charge in [-0.2, -0.15) is 0 Å². The molecule has 0 fully saturated rings. The second-order valence-corrected chi connectivity index (χ2v) is 4.93. The third-order valence-corrected chi connectivity index (χ3v) is 2.57. The van der Waals surface area contributed by atoms with Gasteiger partial charge in [0.25, 0.3) is 0 Å². The zero-order chi connectivity index (χ0) is 11.6. The maximum absolute atomic E-state index is 10.0. The Morgan fingerprint density at radius 2 is 1.60 bits per heavy atom. The Morgan fingerprint density at radius 3 is 2.00 bits per heavy atom. The van der Waals surface area contributed by atoms with Crippen molar-refractivity contribution in [2.24, 2.45) is 11.1 Å². The number of hydrogen-bond acceptors (Lipinski definition) is 3. The Balaban J connectivity index is 2.85. The Bertz CT molecular complexity index is 313. The van der Waals surface area contributed by atoms with Crippen LogP contribution in [0.5, 0.6) is 5.75 Å². The molecule has 0 aliphatic rings. The fourth-order valence-corrected chi connectivity index (χ4v) is 1.35. The quantitative estimate of drug-likeness (QED) is 0.695. The van der Waals surface area contributed by atoms with Gasteiger partial charge in [-0.05, 0) is 23.1 Å². The van der Waals surface area contributed by atoms with Crippen LogP contribution in [0.4, 0.5) is 0 Å². The number of rotatable bonds is 2. The molecule has 0 aliphatic carbocycles. The highest BCUT2D eigenvalue weighted by molar-refractivity contribution is 5.28. The molecule has 84 valence electrons. The third kappa shape index (κ3) is 2.94. The number of phenolic OH excluding ortho intramolecular Hbond substituents is 1. The molecular weight excluding hydrogens is 190 g/mol. The molecule has 0 aromatic heterocycles. The first-order valence-electron chi connectivity index (χ1n) is 5.05. The highest BCUT2D eigenvalue weighted by Gasteiger charge is 2.28. The van der Waals surface area contributed by atoms with Gasteiger partial charge < -0.3 is 15.9 Å². The molecule has 1 aromatic carbocycles. The van der Waals surface area contributed by atoms with Crippen LogP contribution in [0.1, 0.15) is 32.4 Å². The molecule has 3 heteroatoms. The first-order valence-corrected chi connectivity index (χ1v) is 5.05. The van der Waals surface area contributed by atoms with E-state index in [1.165, 1.54) is 0 Å². The van der Waals surface area contributed by atoms with Crippen molar-refractivity contribution in [3.05, 3.63) is 29.8 Å². The van der Waals surface area contributed by atoms with E-state index in [0.717, 1.165) is 5.56 Å². The number of nitrogens with two attached hydrogens (primary N) is 1. The fraction of sp³-hybridized carbons (Fsp3) is 0.500. The predicted molar refractivity (Wildman–Crippen MR) is 60.5 cm³/mol. The molecule has 4 N–H and O–H groups in total. The Labute approximate surface area is 90.5 Å². The summed E-state index contributed by atoms with van der Waals surface area (Å²) >= 11 is 0. The number of hydrogen-bond donors (Lipinski definition) is 3. The van der Waals surface area contributed by atoms with Gasteiger partial charge in [0.2, 0.25) is 0 Å². The lowest BCUT2D eigenvalue weighted by Crippen LogP contribution is -2.40. The minimum Gasteiger partial charge on any atom is -0.508 e. The lowest BCUT2D eigenvalue weighted by atomic mass is 9.82. The molecule has 0 saturated carbocycles. The van der Waals surface area contributed by atoms with Crippen molar-refractivity contribution in [3.63, 3.8) is 0 Å². The molecule has 0 heterocycles. The maximum Gasteiger partial charge on any atom is 0.115 e. The minimum atomic E-state index is -0.703. The van der Waals surface area contributed by atoms with Crippen molar-refractivity contribution in [1.82, 2.24) is 0 Å². The zero-order valence-corrected chi connectivity index (χ0v) is 9.44. The average Bonchev–Trinajstić information content (AvgIpc) is 2.15. The van der Waals surface area contributed by atoms with E-state index < -0.39 is 6.10 Å². The fourth-order valence-electron chi connectivity index (χ4n) is 1.35. The van der Waals surface area contributed by atoms with E-state index in [2.05, 4.69) is 0 Å². The summed E-state index contributed by atoms with van der Waals surface area (Å²) in [4.78, 5) is 0. The van der Waals surface area contributed by atoms with E-state index in [1.807, 2.05) is 20.8 Å². The molecule has 2 atom stereocenters. The van der Waals surface area contributed by atoms with Crippen LogP contribution in [-0.2, 0) is 0 Å². The van der Waals surface area contributed by atoms with Crippen molar-refractivity contribution < 1.29 is 10.2 Å². The molecule has 0 bridgehead atoms. The van der Waals surface area contributed by atoms with Gasteiger partial charge in [0.1, 0.15) is 5.75 Å². The van der Waals surface area contributed by atoms with Gasteiger partial charge in [-0.1, -0.05) is 32.9 Å². The molecule has 15 heavy (non-hydrogen) atoms. The van der Waals surface area contributed by atoms with Crippen LogP contribution >= 0.6 is 0 Å². The molecular formula is C12H19NO2. The van der Waals surface area contributed by atoms with Crippen LogP contribution < -0.4 is 5.73 Å². The molecule has 2 unspecified atom stereocenters. The van der Waals surface area contributed by atoms with Crippen molar-refractivity contribution >= 4 is 0 Å². The van der Waals surface area contributed by atoms with E-state index >= 15 is 0 Å². The lowest BCUT2D eigenvalue weighted by molar-refractivity contribution is 0.0926. The Hall–Kier alpha value is -1.06. The summed E-state index contributed by atoms with van der Waals surface area (Å²) in [5.41, 5.74) is 6.53. The number of aliphatic hydroxyl groups excluding tert-OH is 1. The van der Waals surface area contributed by atoms with Crippen LogP contribution in [0.3, 0.4) is 0 Å². The highest BCUT2D eigenvalue weighted by atomic mass is 16.3. The van der Waals surface area contributed by atoms with Crippen LogP contribution in [0.15, 0.2) is 24.3 Å². The largest absolute Gasteiger partial charge is 0.508 e. The molecule has 0 aliphatic heterocycles. The topological polar surface area (TPSA) is 66.5 Å². The van der Waals surface area contributed by atoms with E-state index in [9.17, 15) is 5.11 Å². The number of aliphatic hydroxyl groups is 1. The van der Waals surface area contributed by atoms with Crippen LogP contribution in [0, 0.1) is 5.41 Å². The van der Waals surface area contributed by atoms with Crippen LogP contribution in [0.25, 0.3) is 0 Å². The molecule has 0 radical (unpaired) electrons. The van der Waals surface area contributed by atoms with Gasteiger partial charge in [-0.25, -0.2) is 0 Å². The van der Waals surface area contributed by atoms with Gasteiger partial charge in [0.15, 0.2) is 0 Å². The summed E-state index contributed by atoms with van der Waals surface area (Å²) in [6.45, 7) is 5.96. The predicted octanol–water partition coefficient (Wildman–Crippen LogP) is 1.80. The molecule has 3 nitrogen and oxygen atoms in total. The molecule has 1 rings (SSSR count). The van der Waals surface area contributed by atoms with E-state index in [0.29, 0.717) is 0 Å². The smallest absolute Gasteiger partial charge is 0.115 e. The molecule has 0 saturated heterocycles. The van der Waals surface area contributed by atoms with Gasteiger partial charge in [0, 0.05) is 6.04 Å². The minimum absolute atomic E-state index is 0.155.